The van der Waals surface area contributed by atoms with Crippen LogP contribution < -0.4 is 26.6 Å². The van der Waals surface area contributed by atoms with Crippen LogP contribution in [0.5, 0.6) is 0 Å². The van der Waals surface area contributed by atoms with Crippen molar-refractivity contribution in [1.29, 1.82) is 0 Å². The standard InChI is InChI=1S/C43H57N5O9/c1-29(2)25-34(37(49)45-33(40(52)53)23-15-16-24-44-41(54)56-28-32-21-13-8-14-22-32)46-38(50)35(26-30-17-9-6-10-18-30)47-39(51)36(27-31-19-11-7-12-20-31)48-42(55)57-43(3,4)5/h6-14,17-22,29,33-36H,15-16,23-28H2,1-5H3,(H,44,54)(H,45,49)(H,46,50)(H,47,51)(H,48,55)(H,52,53). The van der Waals surface area contributed by atoms with Gasteiger partial charge in [-0.3, -0.25) is 14.4 Å². The van der Waals surface area contributed by atoms with E-state index in [9.17, 15) is 33.9 Å². The van der Waals surface area contributed by atoms with Crippen molar-refractivity contribution < 1.29 is 43.3 Å². The summed E-state index contributed by atoms with van der Waals surface area (Å²) in [4.78, 5) is 78.7. The second-order valence-corrected chi connectivity index (χ2v) is 15.2. The Morgan fingerprint density at radius 1 is 0.596 bits per heavy atom. The number of carbonyl (C=O) groups is 6. The lowest BCUT2D eigenvalue weighted by atomic mass is 9.99. The molecule has 5 amide bonds. The third kappa shape index (κ3) is 18.1. The van der Waals surface area contributed by atoms with E-state index in [1.165, 1.54) is 0 Å². The van der Waals surface area contributed by atoms with Crippen LogP contribution in [0, 0.1) is 5.92 Å². The van der Waals surface area contributed by atoms with E-state index in [4.69, 9.17) is 9.47 Å². The Morgan fingerprint density at radius 3 is 1.54 bits per heavy atom. The van der Waals surface area contributed by atoms with Crippen molar-refractivity contribution in [3.63, 3.8) is 0 Å². The van der Waals surface area contributed by atoms with Crippen molar-refractivity contribution >= 4 is 35.9 Å². The third-order valence-corrected chi connectivity index (χ3v) is 8.56. The van der Waals surface area contributed by atoms with Gasteiger partial charge in [-0.2, -0.15) is 0 Å². The maximum atomic E-state index is 14.0. The number of aliphatic carboxylic acids is 1. The number of carbonyl (C=O) groups excluding carboxylic acids is 5. The summed E-state index contributed by atoms with van der Waals surface area (Å²) in [5.74, 6) is -3.32. The molecule has 0 saturated heterocycles. The average molecular weight is 788 g/mol. The van der Waals surface area contributed by atoms with Gasteiger partial charge in [0.1, 0.15) is 36.4 Å². The lowest BCUT2D eigenvalue weighted by molar-refractivity contribution is -0.142. The minimum atomic E-state index is -1.26. The molecular weight excluding hydrogens is 730 g/mol. The van der Waals surface area contributed by atoms with Crippen molar-refractivity contribution in [2.45, 2.75) is 110 Å². The van der Waals surface area contributed by atoms with E-state index in [0.29, 0.717) is 12.8 Å². The number of hydrogen-bond donors (Lipinski definition) is 6. The summed E-state index contributed by atoms with van der Waals surface area (Å²) < 4.78 is 10.6. The minimum Gasteiger partial charge on any atom is -0.480 e. The van der Waals surface area contributed by atoms with Gasteiger partial charge in [-0.15, -0.1) is 0 Å². The summed E-state index contributed by atoms with van der Waals surface area (Å²) >= 11 is 0. The van der Waals surface area contributed by atoms with Crippen LogP contribution in [0.15, 0.2) is 91.0 Å². The van der Waals surface area contributed by atoms with E-state index < -0.39 is 65.6 Å². The molecule has 0 aromatic heterocycles. The molecule has 0 radical (unpaired) electrons. The van der Waals surface area contributed by atoms with Gasteiger partial charge in [0.25, 0.3) is 0 Å². The number of amides is 5. The zero-order chi connectivity index (χ0) is 41.8. The average Bonchev–Trinajstić information content (AvgIpc) is 3.15. The first kappa shape index (κ1) is 45.5. The summed E-state index contributed by atoms with van der Waals surface area (Å²) in [7, 11) is 0. The van der Waals surface area contributed by atoms with E-state index in [-0.39, 0.29) is 44.8 Å². The summed E-state index contributed by atoms with van der Waals surface area (Å²) in [6.07, 6.45) is -0.180. The smallest absolute Gasteiger partial charge is 0.408 e. The van der Waals surface area contributed by atoms with Gasteiger partial charge >= 0.3 is 18.2 Å². The van der Waals surface area contributed by atoms with Crippen LogP contribution in [-0.2, 0) is 48.1 Å². The van der Waals surface area contributed by atoms with Gasteiger partial charge in [0.2, 0.25) is 17.7 Å². The van der Waals surface area contributed by atoms with Crippen molar-refractivity contribution in [3.8, 4) is 0 Å². The van der Waals surface area contributed by atoms with Crippen molar-refractivity contribution in [3.05, 3.63) is 108 Å². The van der Waals surface area contributed by atoms with E-state index in [1.807, 2.05) is 80.6 Å². The lowest BCUT2D eigenvalue weighted by Crippen LogP contribution is -2.58. The Kier molecular flexibility index (Phi) is 18.5. The molecule has 0 aliphatic heterocycles. The second kappa shape index (κ2) is 23.2. The van der Waals surface area contributed by atoms with Gasteiger partial charge in [0, 0.05) is 19.4 Å². The maximum Gasteiger partial charge on any atom is 0.408 e. The number of carboxylic acids is 1. The van der Waals surface area contributed by atoms with Crippen LogP contribution in [0.4, 0.5) is 9.59 Å². The van der Waals surface area contributed by atoms with Gasteiger partial charge in [0.05, 0.1) is 0 Å². The molecule has 0 spiro atoms. The highest BCUT2D eigenvalue weighted by Gasteiger charge is 2.32. The molecule has 3 aromatic rings. The zero-order valence-electron chi connectivity index (χ0n) is 33.4. The number of alkyl carbamates (subject to hydrolysis) is 2. The SMILES string of the molecule is CC(C)CC(NC(=O)C(Cc1ccccc1)NC(=O)C(Cc1ccccc1)NC(=O)OC(C)(C)C)C(=O)NC(CCCCNC(=O)OCc1ccccc1)C(=O)O. The highest BCUT2D eigenvalue weighted by Crippen LogP contribution is 2.12. The highest BCUT2D eigenvalue weighted by molar-refractivity contribution is 5.95. The van der Waals surface area contributed by atoms with Crippen LogP contribution >= 0.6 is 0 Å². The molecule has 0 heterocycles. The second-order valence-electron chi connectivity index (χ2n) is 15.2. The molecule has 57 heavy (non-hydrogen) atoms. The molecule has 4 unspecified atom stereocenters. The van der Waals surface area contributed by atoms with Crippen LogP contribution in [0.2, 0.25) is 0 Å². The first-order valence-electron chi connectivity index (χ1n) is 19.3. The molecule has 0 saturated carbocycles. The monoisotopic (exact) mass is 787 g/mol. The summed E-state index contributed by atoms with van der Waals surface area (Å²) in [5.41, 5.74) is 1.51. The number of rotatable bonds is 21. The number of hydrogen-bond acceptors (Lipinski definition) is 8. The summed E-state index contributed by atoms with van der Waals surface area (Å²) in [6.45, 7) is 9.19. The molecule has 14 nitrogen and oxygen atoms in total. The Morgan fingerprint density at radius 2 is 1.05 bits per heavy atom. The quantitative estimate of drug-likeness (QED) is 0.0800. The number of carboxylic acid groups (broad SMARTS) is 1. The molecule has 0 aliphatic carbocycles. The van der Waals surface area contributed by atoms with Crippen molar-refractivity contribution in [2.75, 3.05) is 6.54 Å². The fraction of sp³-hybridized carbons (Fsp3) is 0.442. The van der Waals surface area contributed by atoms with E-state index >= 15 is 0 Å². The predicted octanol–water partition coefficient (Wildman–Crippen LogP) is 5.05. The van der Waals surface area contributed by atoms with Gasteiger partial charge in [-0.05, 0) is 69.1 Å². The van der Waals surface area contributed by atoms with Crippen LogP contribution in [0.3, 0.4) is 0 Å². The molecule has 6 N–H and O–H groups in total. The summed E-state index contributed by atoms with van der Waals surface area (Å²) in [6, 6.07) is 22.6. The van der Waals surface area contributed by atoms with Gasteiger partial charge in [-0.25, -0.2) is 14.4 Å². The molecule has 0 fully saturated rings. The Balaban J connectivity index is 1.69. The summed E-state index contributed by atoms with van der Waals surface area (Å²) in [5, 5.41) is 23.3. The maximum absolute atomic E-state index is 14.0. The van der Waals surface area contributed by atoms with Gasteiger partial charge in [0.15, 0.2) is 0 Å². The number of nitrogens with one attached hydrogen (secondary N) is 5. The molecule has 14 heteroatoms. The minimum absolute atomic E-state index is 0.0600. The number of benzene rings is 3. The normalized spacial score (nSPS) is 13.2. The van der Waals surface area contributed by atoms with E-state index in [0.717, 1.165) is 16.7 Å². The van der Waals surface area contributed by atoms with Crippen LogP contribution in [0.1, 0.15) is 77.0 Å². The van der Waals surface area contributed by atoms with Crippen LogP contribution in [-0.4, -0.2) is 77.3 Å². The topological polar surface area (TPSA) is 201 Å². The molecule has 3 aromatic carbocycles. The van der Waals surface area contributed by atoms with E-state index in [1.54, 1.807) is 45.0 Å². The Labute approximate surface area is 334 Å². The van der Waals surface area contributed by atoms with Gasteiger partial charge < -0.3 is 41.2 Å². The fourth-order valence-electron chi connectivity index (χ4n) is 5.78. The zero-order valence-corrected chi connectivity index (χ0v) is 33.4. The van der Waals surface area contributed by atoms with Crippen LogP contribution in [0.25, 0.3) is 0 Å². The third-order valence-electron chi connectivity index (χ3n) is 8.56. The number of ether oxygens (including phenoxy) is 2. The largest absolute Gasteiger partial charge is 0.480 e. The Bertz CT molecular complexity index is 1730. The van der Waals surface area contributed by atoms with Gasteiger partial charge in [-0.1, -0.05) is 105 Å². The van der Waals surface area contributed by atoms with Crippen molar-refractivity contribution in [2.24, 2.45) is 5.92 Å². The molecule has 3 rings (SSSR count). The number of unbranched alkanes of at least 4 members (excludes halogenated alkanes) is 1. The molecule has 308 valence electrons. The molecule has 0 aliphatic rings. The molecule has 0 bridgehead atoms. The predicted molar refractivity (Wildman–Crippen MR) is 215 cm³/mol. The first-order chi connectivity index (χ1) is 27.1. The lowest BCUT2D eigenvalue weighted by Gasteiger charge is -2.27. The highest BCUT2D eigenvalue weighted by atomic mass is 16.6. The Hall–Kier alpha value is -5.92. The molecule has 4 atom stereocenters. The first-order valence-corrected chi connectivity index (χ1v) is 19.3. The fourth-order valence-corrected chi connectivity index (χ4v) is 5.78. The van der Waals surface area contributed by atoms with E-state index in [2.05, 4.69) is 26.6 Å². The van der Waals surface area contributed by atoms with Crippen molar-refractivity contribution in [1.82, 2.24) is 26.6 Å². The molecular formula is C43H57N5O9.